The molecule has 0 aromatic heterocycles. The molecule has 2 saturated heterocycles. The van der Waals surface area contributed by atoms with Crippen LogP contribution in [0.4, 0.5) is 5.69 Å². The van der Waals surface area contributed by atoms with E-state index in [1.807, 2.05) is 28.0 Å². The minimum Gasteiger partial charge on any atom is -0.495 e. The molecule has 8 nitrogen and oxygen atoms in total. The smallest absolute Gasteiger partial charge is 0.253 e. The highest BCUT2D eigenvalue weighted by molar-refractivity contribution is 5.95. The molecular weight excluding hydrogens is 434 g/mol. The molecule has 0 bridgehead atoms. The lowest BCUT2D eigenvalue weighted by atomic mass is 9.94. The minimum atomic E-state index is -0.0442. The van der Waals surface area contributed by atoms with Crippen molar-refractivity contribution in [2.45, 2.75) is 12.8 Å². The van der Waals surface area contributed by atoms with E-state index < -0.39 is 0 Å². The summed E-state index contributed by atoms with van der Waals surface area (Å²) in [5.41, 5.74) is 1.63. The number of likely N-dealkylation sites (tertiary alicyclic amines) is 1. The largest absolute Gasteiger partial charge is 0.495 e. The molecule has 0 aliphatic carbocycles. The number of piperidine rings is 1. The van der Waals surface area contributed by atoms with Crippen molar-refractivity contribution < 1.29 is 23.8 Å². The van der Waals surface area contributed by atoms with Crippen molar-refractivity contribution in [3.63, 3.8) is 0 Å². The van der Waals surface area contributed by atoms with Gasteiger partial charge in [-0.25, -0.2) is 0 Å². The molecule has 0 radical (unpaired) electrons. The molecule has 0 unspecified atom stereocenters. The second kappa shape index (κ2) is 10.7. The van der Waals surface area contributed by atoms with Crippen LogP contribution < -0.4 is 19.1 Å². The van der Waals surface area contributed by atoms with E-state index >= 15 is 0 Å². The Labute approximate surface area is 201 Å². The third-order valence-electron chi connectivity index (χ3n) is 6.78. The Hall–Kier alpha value is -3.42. The quantitative estimate of drug-likeness (QED) is 0.651. The summed E-state index contributed by atoms with van der Waals surface area (Å²) in [6, 6.07) is 13.2. The summed E-state index contributed by atoms with van der Waals surface area (Å²) in [6.45, 7) is 4.10. The van der Waals surface area contributed by atoms with Crippen LogP contribution in [0.1, 0.15) is 23.2 Å². The Kier molecular flexibility index (Phi) is 7.45. The number of amides is 2. The van der Waals surface area contributed by atoms with Crippen molar-refractivity contribution in [3.05, 3.63) is 48.0 Å². The highest BCUT2D eigenvalue weighted by atomic mass is 16.5. The van der Waals surface area contributed by atoms with Gasteiger partial charge in [-0.3, -0.25) is 9.59 Å². The number of benzene rings is 2. The molecule has 2 aliphatic heterocycles. The molecule has 2 fully saturated rings. The number of ether oxygens (including phenoxy) is 3. The van der Waals surface area contributed by atoms with Gasteiger partial charge >= 0.3 is 0 Å². The second-order valence-corrected chi connectivity index (χ2v) is 8.62. The molecule has 2 aliphatic rings. The number of hydrogen-bond donors (Lipinski definition) is 0. The fraction of sp³-hybridized carbons (Fsp3) is 0.462. The summed E-state index contributed by atoms with van der Waals surface area (Å²) in [7, 11) is 4.81. The zero-order chi connectivity index (χ0) is 24.1. The van der Waals surface area contributed by atoms with Crippen molar-refractivity contribution in [2.75, 3.05) is 65.5 Å². The Morgan fingerprint density at radius 2 is 1.38 bits per heavy atom. The molecular formula is C26H33N3O5. The van der Waals surface area contributed by atoms with Crippen molar-refractivity contribution >= 4 is 17.5 Å². The topological polar surface area (TPSA) is 71.6 Å². The van der Waals surface area contributed by atoms with E-state index in [1.165, 1.54) is 0 Å². The zero-order valence-electron chi connectivity index (χ0n) is 20.2. The van der Waals surface area contributed by atoms with Gasteiger partial charge in [-0.2, -0.15) is 0 Å². The third-order valence-corrected chi connectivity index (χ3v) is 6.78. The molecule has 2 amide bonds. The molecule has 0 spiro atoms. The number of carbonyl (C=O) groups is 2. The van der Waals surface area contributed by atoms with Gasteiger partial charge in [0, 0.05) is 50.7 Å². The molecule has 2 aromatic carbocycles. The van der Waals surface area contributed by atoms with Crippen LogP contribution in [-0.4, -0.2) is 82.2 Å². The fourth-order valence-corrected chi connectivity index (χ4v) is 4.80. The van der Waals surface area contributed by atoms with Crippen LogP contribution in [0.3, 0.4) is 0 Å². The summed E-state index contributed by atoms with van der Waals surface area (Å²) < 4.78 is 16.1. The fourth-order valence-electron chi connectivity index (χ4n) is 4.80. The molecule has 0 atom stereocenters. The van der Waals surface area contributed by atoms with Crippen LogP contribution in [0, 0.1) is 5.92 Å². The number of piperazine rings is 1. The van der Waals surface area contributed by atoms with Gasteiger partial charge in [-0.05, 0) is 43.2 Å². The number of anilines is 1. The monoisotopic (exact) mass is 467 g/mol. The Morgan fingerprint density at radius 1 is 0.735 bits per heavy atom. The van der Waals surface area contributed by atoms with Gasteiger partial charge in [0.05, 0.1) is 27.0 Å². The number of para-hydroxylation sites is 2. The van der Waals surface area contributed by atoms with E-state index in [0.717, 1.165) is 24.5 Å². The summed E-state index contributed by atoms with van der Waals surface area (Å²) in [5, 5.41) is 0. The number of rotatable bonds is 6. The van der Waals surface area contributed by atoms with Crippen LogP contribution in [0.2, 0.25) is 0 Å². The van der Waals surface area contributed by atoms with Gasteiger partial charge in [0.1, 0.15) is 5.75 Å². The summed E-state index contributed by atoms with van der Waals surface area (Å²) in [6.07, 6.45) is 1.37. The first-order valence-electron chi connectivity index (χ1n) is 11.7. The van der Waals surface area contributed by atoms with Crippen molar-refractivity contribution in [1.82, 2.24) is 9.80 Å². The molecule has 0 N–H and O–H groups in total. The van der Waals surface area contributed by atoms with Gasteiger partial charge in [-0.15, -0.1) is 0 Å². The average Bonchev–Trinajstić information content (AvgIpc) is 2.92. The third kappa shape index (κ3) is 4.90. The zero-order valence-corrected chi connectivity index (χ0v) is 20.2. The Bertz CT molecular complexity index is 1010. The molecule has 2 heterocycles. The van der Waals surface area contributed by atoms with Crippen molar-refractivity contribution in [1.29, 1.82) is 0 Å². The number of hydrogen-bond acceptors (Lipinski definition) is 6. The first-order chi connectivity index (χ1) is 16.5. The van der Waals surface area contributed by atoms with Crippen molar-refractivity contribution in [3.8, 4) is 17.2 Å². The number of nitrogens with zero attached hydrogens (tertiary/aromatic N) is 3. The van der Waals surface area contributed by atoms with Gasteiger partial charge in [0.15, 0.2) is 11.5 Å². The SMILES string of the molecule is COc1ccc(C(=O)N2CCC(C(=O)N3CCN(c4ccccc4OC)CC3)CC2)cc1OC. The van der Waals surface area contributed by atoms with E-state index in [-0.39, 0.29) is 17.7 Å². The van der Waals surface area contributed by atoms with E-state index in [2.05, 4.69) is 11.0 Å². The lowest BCUT2D eigenvalue weighted by Gasteiger charge is -2.39. The molecule has 2 aromatic rings. The highest BCUT2D eigenvalue weighted by Gasteiger charge is 2.32. The molecule has 8 heteroatoms. The van der Waals surface area contributed by atoms with E-state index in [1.54, 1.807) is 39.5 Å². The number of methoxy groups -OCH3 is 3. The summed E-state index contributed by atoms with van der Waals surface area (Å²) in [5.74, 6) is 2.11. The lowest BCUT2D eigenvalue weighted by Crippen LogP contribution is -2.52. The molecule has 34 heavy (non-hydrogen) atoms. The maximum absolute atomic E-state index is 13.2. The Morgan fingerprint density at radius 3 is 2.03 bits per heavy atom. The first-order valence-corrected chi connectivity index (χ1v) is 11.7. The second-order valence-electron chi connectivity index (χ2n) is 8.62. The highest BCUT2D eigenvalue weighted by Crippen LogP contribution is 2.30. The molecule has 182 valence electrons. The van der Waals surface area contributed by atoms with E-state index in [4.69, 9.17) is 14.2 Å². The predicted octanol–water partition coefficient (Wildman–Crippen LogP) is 2.91. The summed E-state index contributed by atoms with van der Waals surface area (Å²) in [4.78, 5) is 32.2. The minimum absolute atomic E-state index is 0.0349. The Balaban J connectivity index is 1.30. The van der Waals surface area contributed by atoms with Gasteiger partial charge in [-0.1, -0.05) is 12.1 Å². The first kappa shape index (κ1) is 23.7. The predicted molar refractivity (Wildman–Crippen MR) is 130 cm³/mol. The standard InChI is InChI=1S/C26H33N3O5/c1-32-22-7-5-4-6-21(22)27-14-16-29(17-15-27)25(30)19-10-12-28(13-11-19)26(31)20-8-9-23(33-2)24(18-20)34-3/h4-9,18-19H,10-17H2,1-3H3. The maximum atomic E-state index is 13.2. The number of carbonyl (C=O) groups excluding carboxylic acids is 2. The van der Waals surface area contributed by atoms with E-state index in [0.29, 0.717) is 56.1 Å². The van der Waals surface area contributed by atoms with Crippen LogP contribution >= 0.6 is 0 Å². The lowest BCUT2D eigenvalue weighted by molar-refractivity contribution is -0.137. The van der Waals surface area contributed by atoms with E-state index in [9.17, 15) is 9.59 Å². The molecule has 4 rings (SSSR count). The normalized spacial score (nSPS) is 16.9. The van der Waals surface area contributed by atoms with Gasteiger partial charge in [0.2, 0.25) is 5.91 Å². The molecule has 0 saturated carbocycles. The van der Waals surface area contributed by atoms with Gasteiger partial charge < -0.3 is 28.9 Å². The van der Waals surface area contributed by atoms with Gasteiger partial charge in [0.25, 0.3) is 5.91 Å². The van der Waals surface area contributed by atoms with Crippen LogP contribution in [-0.2, 0) is 4.79 Å². The maximum Gasteiger partial charge on any atom is 0.253 e. The average molecular weight is 468 g/mol. The van der Waals surface area contributed by atoms with Crippen LogP contribution in [0.5, 0.6) is 17.2 Å². The van der Waals surface area contributed by atoms with Crippen LogP contribution in [0.15, 0.2) is 42.5 Å². The summed E-state index contributed by atoms with van der Waals surface area (Å²) >= 11 is 0. The van der Waals surface area contributed by atoms with Crippen molar-refractivity contribution in [2.24, 2.45) is 5.92 Å². The van der Waals surface area contributed by atoms with Crippen LogP contribution in [0.25, 0.3) is 0 Å².